The summed E-state index contributed by atoms with van der Waals surface area (Å²) in [6.07, 6.45) is 5.97. The van der Waals surface area contributed by atoms with Gasteiger partial charge in [0.15, 0.2) is 0 Å². The maximum Gasteiger partial charge on any atom is 0.230 e. The van der Waals surface area contributed by atoms with Crippen LogP contribution in [0.15, 0.2) is 66.3 Å². The van der Waals surface area contributed by atoms with E-state index >= 15 is 0 Å². The van der Waals surface area contributed by atoms with Gasteiger partial charge >= 0.3 is 0 Å². The molecule has 0 aliphatic carbocycles. The first kappa shape index (κ1) is 22.2. The number of hydrogen-bond acceptors (Lipinski definition) is 4. The number of hydrogen-bond donors (Lipinski definition) is 0. The number of aromatic nitrogens is 1. The van der Waals surface area contributed by atoms with Crippen LogP contribution in [0.2, 0.25) is 0 Å². The number of piperidine rings is 1. The van der Waals surface area contributed by atoms with Crippen molar-refractivity contribution in [2.75, 3.05) is 27.2 Å². The minimum atomic E-state index is -0.625. The molecule has 0 saturated carbocycles. The number of benzene rings is 1. The molecule has 1 aliphatic heterocycles. The second-order valence-electron chi connectivity index (χ2n) is 8.75. The second kappa shape index (κ2) is 9.65. The normalized spacial score (nSPS) is 18.4. The molecule has 1 unspecified atom stereocenters. The predicted octanol–water partition coefficient (Wildman–Crippen LogP) is 4.29. The Hall–Kier alpha value is -2.99. The third-order valence-corrected chi connectivity index (χ3v) is 7.10. The Balaban J connectivity index is 1.63. The SMILES string of the molecule is CN(C)C(=O)C1(Cc2ccccc2-c2cccs2)CCCN(C(=O)Cc2cccnc2)C1. The molecule has 0 spiro atoms. The van der Waals surface area contributed by atoms with Crippen molar-refractivity contribution in [3.8, 4) is 10.4 Å². The van der Waals surface area contributed by atoms with Crippen LogP contribution in [0.25, 0.3) is 10.4 Å². The Morgan fingerprint density at radius 1 is 1.12 bits per heavy atom. The zero-order valence-corrected chi connectivity index (χ0v) is 19.5. The van der Waals surface area contributed by atoms with Gasteiger partial charge in [-0.2, -0.15) is 0 Å². The van der Waals surface area contributed by atoms with Gasteiger partial charge in [0.25, 0.3) is 0 Å². The van der Waals surface area contributed by atoms with E-state index in [0.717, 1.165) is 24.0 Å². The highest BCUT2D eigenvalue weighted by molar-refractivity contribution is 7.13. The molecule has 2 amide bonds. The van der Waals surface area contributed by atoms with Crippen LogP contribution in [0.1, 0.15) is 24.0 Å². The predicted molar refractivity (Wildman–Crippen MR) is 128 cm³/mol. The largest absolute Gasteiger partial charge is 0.348 e. The Labute approximate surface area is 193 Å². The highest BCUT2D eigenvalue weighted by atomic mass is 32.1. The lowest BCUT2D eigenvalue weighted by molar-refractivity contribution is -0.147. The fourth-order valence-corrected chi connectivity index (χ4v) is 5.50. The topological polar surface area (TPSA) is 53.5 Å². The first-order valence-electron chi connectivity index (χ1n) is 11.0. The summed E-state index contributed by atoms with van der Waals surface area (Å²) < 4.78 is 0. The van der Waals surface area contributed by atoms with E-state index in [2.05, 4.69) is 34.6 Å². The number of likely N-dealkylation sites (tertiary alicyclic amines) is 1. The summed E-state index contributed by atoms with van der Waals surface area (Å²) in [5, 5.41) is 2.08. The lowest BCUT2D eigenvalue weighted by Gasteiger charge is -2.43. The summed E-state index contributed by atoms with van der Waals surface area (Å²) >= 11 is 1.71. The molecule has 1 atom stereocenters. The van der Waals surface area contributed by atoms with Crippen molar-refractivity contribution in [1.82, 2.24) is 14.8 Å². The number of carbonyl (C=O) groups is 2. The zero-order valence-electron chi connectivity index (χ0n) is 18.7. The van der Waals surface area contributed by atoms with Gasteiger partial charge in [-0.15, -0.1) is 11.3 Å². The molecule has 3 aromatic rings. The molecular formula is C26H29N3O2S. The summed E-state index contributed by atoms with van der Waals surface area (Å²) in [6, 6.07) is 16.3. The zero-order chi connectivity index (χ0) is 22.6. The molecule has 3 heterocycles. The Kier molecular flexibility index (Phi) is 6.70. The van der Waals surface area contributed by atoms with Crippen LogP contribution < -0.4 is 0 Å². The number of rotatable bonds is 6. The Morgan fingerprint density at radius 3 is 2.69 bits per heavy atom. The molecule has 0 bridgehead atoms. The van der Waals surface area contributed by atoms with Gasteiger partial charge in [0.2, 0.25) is 11.8 Å². The molecular weight excluding hydrogens is 418 g/mol. The summed E-state index contributed by atoms with van der Waals surface area (Å²) in [5.41, 5.74) is 2.61. The third-order valence-electron chi connectivity index (χ3n) is 6.20. The van der Waals surface area contributed by atoms with E-state index in [1.807, 2.05) is 43.3 Å². The Bertz CT molecular complexity index is 1070. The highest BCUT2D eigenvalue weighted by Gasteiger charge is 2.44. The summed E-state index contributed by atoms with van der Waals surface area (Å²) in [5.74, 6) is 0.150. The van der Waals surface area contributed by atoms with E-state index in [1.165, 1.54) is 10.4 Å². The first-order valence-corrected chi connectivity index (χ1v) is 11.9. The van der Waals surface area contributed by atoms with Crippen LogP contribution in [-0.2, 0) is 22.4 Å². The van der Waals surface area contributed by atoms with E-state index in [9.17, 15) is 9.59 Å². The molecule has 2 aromatic heterocycles. The summed E-state index contributed by atoms with van der Waals surface area (Å²) in [6.45, 7) is 1.13. The van der Waals surface area contributed by atoms with Crippen molar-refractivity contribution in [3.05, 3.63) is 77.4 Å². The molecule has 5 nitrogen and oxygen atoms in total. The summed E-state index contributed by atoms with van der Waals surface area (Å²) in [4.78, 5) is 35.5. The second-order valence-corrected chi connectivity index (χ2v) is 9.70. The van der Waals surface area contributed by atoms with Gasteiger partial charge in [-0.1, -0.05) is 36.4 Å². The van der Waals surface area contributed by atoms with Crippen molar-refractivity contribution in [1.29, 1.82) is 0 Å². The minimum Gasteiger partial charge on any atom is -0.348 e. The molecule has 1 aromatic carbocycles. The molecule has 1 fully saturated rings. The van der Waals surface area contributed by atoms with Gasteiger partial charge in [0.1, 0.15) is 0 Å². The van der Waals surface area contributed by atoms with Crippen LogP contribution in [0.3, 0.4) is 0 Å². The number of amides is 2. The van der Waals surface area contributed by atoms with Crippen LogP contribution in [-0.4, -0.2) is 53.8 Å². The fraction of sp³-hybridized carbons (Fsp3) is 0.346. The van der Waals surface area contributed by atoms with E-state index in [4.69, 9.17) is 0 Å². The number of carbonyl (C=O) groups excluding carboxylic acids is 2. The van der Waals surface area contributed by atoms with Crippen LogP contribution >= 0.6 is 11.3 Å². The molecule has 1 aliphatic rings. The molecule has 4 rings (SSSR count). The van der Waals surface area contributed by atoms with E-state index in [-0.39, 0.29) is 11.8 Å². The lowest BCUT2D eigenvalue weighted by atomic mass is 9.73. The molecule has 6 heteroatoms. The van der Waals surface area contributed by atoms with Crippen LogP contribution in [0.5, 0.6) is 0 Å². The minimum absolute atomic E-state index is 0.0557. The van der Waals surface area contributed by atoms with Crippen molar-refractivity contribution in [2.45, 2.75) is 25.7 Å². The average Bonchev–Trinajstić information content (AvgIpc) is 3.34. The van der Waals surface area contributed by atoms with Crippen molar-refractivity contribution in [2.24, 2.45) is 5.41 Å². The van der Waals surface area contributed by atoms with Gasteiger partial charge < -0.3 is 9.80 Å². The Morgan fingerprint density at radius 2 is 1.97 bits per heavy atom. The first-order chi connectivity index (χ1) is 15.5. The van der Waals surface area contributed by atoms with Crippen molar-refractivity contribution >= 4 is 23.2 Å². The van der Waals surface area contributed by atoms with Crippen LogP contribution in [0.4, 0.5) is 0 Å². The van der Waals surface area contributed by atoms with Gasteiger partial charge in [-0.25, -0.2) is 0 Å². The highest BCUT2D eigenvalue weighted by Crippen LogP contribution is 2.39. The van der Waals surface area contributed by atoms with Crippen molar-refractivity contribution < 1.29 is 9.59 Å². The molecule has 32 heavy (non-hydrogen) atoms. The number of thiophene rings is 1. The lowest BCUT2D eigenvalue weighted by Crippen LogP contribution is -2.54. The molecule has 0 radical (unpaired) electrons. The van der Waals surface area contributed by atoms with E-state index in [1.54, 1.807) is 28.6 Å². The van der Waals surface area contributed by atoms with Gasteiger partial charge in [-0.3, -0.25) is 14.6 Å². The average molecular weight is 448 g/mol. The summed E-state index contributed by atoms with van der Waals surface area (Å²) in [7, 11) is 3.62. The van der Waals surface area contributed by atoms with E-state index < -0.39 is 5.41 Å². The van der Waals surface area contributed by atoms with Crippen molar-refractivity contribution in [3.63, 3.8) is 0 Å². The molecule has 166 valence electrons. The quantitative estimate of drug-likeness (QED) is 0.566. The smallest absolute Gasteiger partial charge is 0.230 e. The van der Waals surface area contributed by atoms with Gasteiger partial charge in [0.05, 0.1) is 11.8 Å². The number of nitrogens with zero attached hydrogens (tertiary/aromatic N) is 3. The monoisotopic (exact) mass is 447 g/mol. The van der Waals surface area contributed by atoms with Gasteiger partial charge in [-0.05, 0) is 53.5 Å². The molecule has 0 N–H and O–H groups in total. The maximum atomic E-state index is 13.5. The van der Waals surface area contributed by atoms with Gasteiger partial charge in [0, 0.05) is 44.5 Å². The standard InChI is InChI=1S/C26H29N3O2S/c1-28(2)25(31)26(17-21-9-3-4-10-22(21)23-11-6-15-32-23)12-7-14-29(19-26)24(30)16-20-8-5-13-27-18-20/h3-6,8-11,13,15,18H,7,12,14,16-17,19H2,1-2H3. The van der Waals surface area contributed by atoms with E-state index in [0.29, 0.717) is 25.9 Å². The number of pyridine rings is 1. The van der Waals surface area contributed by atoms with Crippen LogP contribution in [0, 0.1) is 5.41 Å². The maximum absolute atomic E-state index is 13.5. The third kappa shape index (κ3) is 4.75. The molecule has 1 saturated heterocycles. The fourth-order valence-electron chi connectivity index (χ4n) is 4.71.